The van der Waals surface area contributed by atoms with E-state index in [1.165, 1.54) is 24.4 Å². The Kier molecular flexibility index (Phi) is 4.16. The van der Waals surface area contributed by atoms with Crippen molar-refractivity contribution in [3.63, 3.8) is 0 Å². The van der Waals surface area contributed by atoms with Crippen LogP contribution in [0.25, 0.3) is 0 Å². The molecule has 5 rings (SSSR count). The highest BCUT2D eigenvalue weighted by Crippen LogP contribution is 2.50. The van der Waals surface area contributed by atoms with Crippen molar-refractivity contribution in [3.05, 3.63) is 62.9 Å². The van der Waals surface area contributed by atoms with E-state index in [-0.39, 0.29) is 21.3 Å². The maximum atomic E-state index is 14.1. The maximum Gasteiger partial charge on any atom is 0.435 e. The Morgan fingerprint density at radius 1 is 1.07 bits per heavy atom. The smallest absolute Gasteiger partial charge is 0.374 e. The molecule has 3 aliphatic heterocycles. The monoisotopic (exact) mass is 443 g/mol. The number of fused-ring (bicyclic) bond motifs is 2. The van der Waals surface area contributed by atoms with Gasteiger partial charge >= 0.3 is 6.18 Å². The van der Waals surface area contributed by atoms with Gasteiger partial charge in [-0.3, -0.25) is 4.98 Å². The largest absolute Gasteiger partial charge is 0.435 e. The second-order valence-corrected chi connectivity index (χ2v) is 8.28. The molecule has 1 unspecified atom stereocenters. The number of nitrogens with zero attached hydrogens (tertiary/aromatic N) is 2. The molecule has 4 heterocycles. The van der Waals surface area contributed by atoms with Crippen molar-refractivity contribution in [1.29, 1.82) is 0 Å². The number of oxime groups is 1. The summed E-state index contributed by atoms with van der Waals surface area (Å²) in [5.41, 5.74) is -0.985. The van der Waals surface area contributed by atoms with E-state index in [0.717, 1.165) is 11.3 Å². The molecule has 152 valence electrons. The summed E-state index contributed by atoms with van der Waals surface area (Å²) in [4.78, 5) is 9.50. The fraction of sp³-hybridized carbons (Fsp3) is 0.368. The van der Waals surface area contributed by atoms with Gasteiger partial charge in [0.25, 0.3) is 5.60 Å². The van der Waals surface area contributed by atoms with E-state index in [4.69, 9.17) is 32.8 Å². The molecule has 0 saturated carbocycles. The van der Waals surface area contributed by atoms with Crippen molar-refractivity contribution in [2.24, 2.45) is 5.16 Å². The topological polar surface area (TPSA) is 55.7 Å². The predicted molar refractivity (Wildman–Crippen MR) is 100 cm³/mol. The van der Waals surface area contributed by atoms with Gasteiger partial charge < -0.3 is 14.9 Å². The Labute approximate surface area is 173 Å². The van der Waals surface area contributed by atoms with Gasteiger partial charge in [0, 0.05) is 46.0 Å². The Morgan fingerprint density at radius 2 is 1.79 bits per heavy atom. The lowest BCUT2D eigenvalue weighted by atomic mass is 9.86. The number of nitrogens with one attached hydrogen (secondary N) is 1. The summed E-state index contributed by atoms with van der Waals surface area (Å²) >= 11 is 11.9. The molecule has 10 heteroatoms. The van der Waals surface area contributed by atoms with Crippen LogP contribution in [0.4, 0.5) is 13.2 Å². The fourth-order valence-corrected chi connectivity index (χ4v) is 4.47. The van der Waals surface area contributed by atoms with Crippen molar-refractivity contribution >= 4 is 28.9 Å². The molecule has 1 fully saturated rings. The Bertz CT molecular complexity index is 1020. The third kappa shape index (κ3) is 2.84. The van der Waals surface area contributed by atoms with Crippen LogP contribution in [-0.2, 0) is 27.4 Å². The number of alkyl halides is 3. The minimum absolute atomic E-state index is 0.0870. The van der Waals surface area contributed by atoms with Gasteiger partial charge in [0.15, 0.2) is 0 Å². The molecule has 0 radical (unpaired) electrons. The Morgan fingerprint density at radius 3 is 2.41 bits per heavy atom. The van der Waals surface area contributed by atoms with Crippen LogP contribution in [-0.4, -0.2) is 30.0 Å². The standard InChI is InChI=1S/C19H14Cl2F3N3O2/c20-13-2-12(3-14(21)4-13)18(19(22,23)24)5-15(27-29-18)10-1-11-7-28-17(8-25-9-17)16(11)26-6-10/h1-4,6,25H,5,7-9H2. The van der Waals surface area contributed by atoms with Crippen molar-refractivity contribution < 1.29 is 22.7 Å². The first-order valence-corrected chi connectivity index (χ1v) is 9.61. The molecule has 29 heavy (non-hydrogen) atoms. The fourth-order valence-electron chi connectivity index (χ4n) is 3.94. The predicted octanol–water partition coefficient (Wildman–Crippen LogP) is 4.30. The summed E-state index contributed by atoms with van der Waals surface area (Å²) in [6, 6.07) is 5.53. The minimum atomic E-state index is -4.73. The van der Waals surface area contributed by atoms with Gasteiger partial charge in [0.05, 0.1) is 24.4 Å². The van der Waals surface area contributed by atoms with Crippen molar-refractivity contribution in [2.45, 2.75) is 30.4 Å². The minimum Gasteiger partial charge on any atom is -0.374 e. The highest BCUT2D eigenvalue weighted by Gasteiger charge is 2.62. The SMILES string of the molecule is FC(F)(F)C1(c2cc(Cl)cc(Cl)c2)CC(c2cnc3c(c2)COC32CNC2)=NO1. The molecule has 0 bridgehead atoms. The highest BCUT2D eigenvalue weighted by atomic mass is 35.5. The molecule has 1 aromatic heterocycles. The summed E-state index contributed by atoms with van der Waals surface area (Å²) in [5, 5.41) is 7.10. The van der Waals surface area contributed by atoms with E-state index < -0.39 is 23.8 Å². The molecule has 1 aromatic carbocycles. The van der Waals surface area contributed by atoms with E-state index >= 15 is 0 Å². The summed E-state index contributed by atoms with van der Waals surface area (Å²) in [7, 11) is 0. The molecule has 1 N–H and O–H groups in total. The second kappa shape index (κ2) is 6.31. The van der Waals surface area contributed by atoms with Gasteiger partial charge in [-0.1, -0.05) is 28.4 Å². The van der Waals surface area contributed by atoms with Crippen LogP contribution in [0.3, 0.4) is 0 Å². The number of ether oxygens (including phenoxy) is 1. The third-order valence-electron chi connectivity index (χ3n) is 5.57. The lowest BCUT2D eigenvalue weighted by molar-refractivity contribution is -0.275. The molecule has 2 aromatic rings. The Balaban J connectivity index is 1.50. The average Bonchev–Trinajstić information content (AvgIpc) is 3.23. The van der Waals surface area contributed by atoms with Gasteiger partial charge in [0.1, 0.15) is 5.60 Å². The number of pyridine rings is 1. The molecule has 3 aliphatic rings. The van der Waals surface area contributed by atoms with Gasteiger partial charge in [-0.2, -0.15) is 13.2 Å². The molecule has 1 saturated heterocycles. The van der Waals surface area contributed by atoms with E-state index in [0.29, 0.717) is 25.3 Å². The summed E-state index contributed by atoms with van der Waals surface area (Å²) in [5.74, 6) is 0. The maximum absolute atomic E-state index is 14.1. The first-order chi connectivity index (χ1) is 13.7. The number of aromatic nitrogens is 1. The van der Waals surface area contributed by atoms with Crippen LogP contribution in [0.2, 0.25) is 10.0 Å². The van der Waals surface area contributed by atoms with E-state index in [2.05, 4.69) is 15.5 Å². The molecule has 5 nitrogen and oxygen atoms in total. The third-order valence-corrected chi connectivity index (χ3v) is 6.01. The van der Waals surface area contributed by atoms with E-state index in [9.17, 15) is 13.2 Å². The molecule has 0 aliphatic carbocycles. The Hall–Kier alpha value is -1.87. The van der Waals surface area contributed by atoms with Gasteiger partial charge in [-0.05, 0) is 24.3 Å². The van der Waals surface area contributed by atoms with Crippen molar-refractivity contribution in [2.75, 3.05) is 13.1 Å². The van der Waals surface area contributed by atoms with Crippen LogP contribution < -0.4 is 5.32 Å². The molecule has 1 atom stereocenters. The zero-order valence-electron chi connectivity index (χ0n) is 14.8. The summed E-state index contributed by atoms with van der Waals surface area (Å²) in [6.07, 6.45) is -3.73. The lowest BCUT2D eigenvalue weighted by Gasteiger charge is -2.37. The average molecular weight is 444 g/mol. The summed E-state index contributed by atoms with van der Waals surface area (Å²) in [6.45, 7) is 1.70. The lowest BCUT2D eigenvalue weighted by Crippen LogP contribution is -2.57. The zero-order valence-corrected chi connectivity index (χ0v) is 16.3. The van der Waals surface area contributed by atoms with E-state index in [1.807, 2.05) is 0 Å². The van der Waals surface area contributed by atoms with E-state index in [1.54, 1.807) is 6.07 Å². The molecule has 1 spiro atoms. The zero-order chi connectivity index (χ0) is 20.4. The number of rotatable bonds is 2. The van der Waals surface area contributed by atoms with Gasteiger partial charge in [0.2, 0.25) is 0 Å². The van der Waals surface area contributed by atoms with Gasteiger partial charge in [-0.15, -0.1) is 0 Å². The number of hydrogen-bond acceptors (Lipinski definition) is 5. The van der Waals surface area contributed by atoms with Crippen LogP contribution in [0.5, 0.6) is 0 Å². The number of benzene rings is 1. The van der Waals surface area contributed by atoms with Gasteiger partial charge in [-0.25, -0.2) is 0 Å². The van der Waals surface area contributed by atoms with Crippen molar-refractivity contribution in [1.82, 2.24) is 10.3 Å². The second-order valence-electron chi connectivity index (χ2n) is 7.41. The van der Waals surface area contributed by atoms with Crippen LogP contribution >= 0.6 is 23.2 Å². The number of halogens is 5. The van der Waals surface area contributed by atoms with Crippen LogP contribution in [0.15, 0.2) is 35.6 Å². The first-order valence-electron chi connectivity index (χ1n) is 8.85. The quantitative estimate of drug-likeness (QED) is 0.751. The van der Waals surface area contributed by atoms with Crippen molar-refractivity contribution in [3.8, 4) is 0 Å². The molecular weight excluding hydrogens is 430 g/mol. The van der Waals surface area contributed by atoms with Crippen LogP contribution in [0.1, 0.15) is 28.8 Å². The molecular formula is C19H14Cl2F3N3O2. The molecule has 0 amide bonds. The highest BCUT2D eigenvalue weighted by molar-refractivity contribution is 6.34. The normalized spacial score (nSPS) is 24.8. The summed E-state index contributed by atoms with van der Waals surface area (Å²) < 4.78 is 48.2. The van der Waals surface area contributed by atoms with Crippen LogP contribution in [0, 0.1) is 0 Å². The first kappa shape index (κ1) is 19.1. The number of hydrogen-bond donors (Lipinski definition) is 1.